The summed E-state index contributed by atoms with van der Waals surface area (Å²) in [5.41, 5.74) is 3.04. The number of rotatable bonds is 5. The number of carbonyl (C=O) groups excluding carboxylic acids is 2. The summed E-state index contributed by atoms with van der Waals surface area (Å²) in [6, 6.07) is 13.9. The molecule has 2 heterocycles. The Morgan fingerprint density at radius 3 is 2.81 bits per heavy atom. The van der Waals surface area contributed by atoms with Crippen molar-refractivity contribution in [2.75, 3.05) is 19.6 Å². The van der Waals surface area contributed by atoms with E-state index in [1.54, 1.807) is 0 Å². The first-order valence-electron chi connectivity index (χ1n) is 9.24. The molecule has 1 N–H and O–H groups in total. The zero-order chi connectivity index (χ0) is 19.2. The smallest absolute Gasteiger partial charge is 0.241 e. The molecule has 0 saturated carbocycles. The molecule has 0 spiro atoms. The molecule has 0 radical (unpaired) electrons. The molecule has 1 atom stereocenters. The SMILES string of the molecule is CC(=O)NCC(=O)N1CCC[C@H](c2cccc(Cc3ccccc3Cl)n2)C1. The number of hydrogen-bond acceptors (Lipinski definition) is 3. The van der Waals surface area contributed by atoms with Gasteiger partial charge in [0.15, 0.2) is 0 Å². The van der Waals surface area contributed by atoms with E-state index < -0.39 is 0 Å². The third kappa shape index (κ3) is 5.30. The summed E-state index contributed by atoms with van der Waals surface area (Å²) in [6.07, 6.45) is 2.63. The van der Waals surface area contributed by atoms with Crippen LogP contribution in [0, 0.1) is 0 Å². The number of pyridine rings is 1. The van der Waals surface area contributed by atoms with Crippen LogP contribution in [0.4, 0.5) is 0 Å². The third-order valence-electron chi connectivity index (χ3n) is 4.84. The number of halogens is 1. The molecule has 1 aliphatic heterocycles. The van der Waals surface area contributed by atoms with Crippen LogP contribution in [-0.4, -0.2) is 41.3 Å². The Kier molecular flexibility index (Phi) is 6.45. The van der Waals surface area contributed by atoms with Gasteiger partial charge in [0.1, 0.15) is 0 Å². The standard InChI is InChI=1S/C21H24ClN3O2/c1-15(26)23-13-21(27)25-11-5-7-17(14-25)20-10-4-8-18(24-20)12-16-6-2-3-9-19(16)22/h2-4,6,8-10,17H,5,7,11-14H2,1H3,(H,23,26)/t17-/m0/s1. The van der Waals surface area contributed by atoms with Crippen molar-refractivity contribution in [3.63, 3.8) is 0 Å². The highest BCUT2D eigenvalue weighted by Crippen LogP contribution is 2.26. The molecule has 1 saturated heterocycles. The fourth-order valence-electron chi connectivity index (χ4n) is 3.42. The molecule has 6 heteroatoms. The summed E-state index contributed by atoms with van der Waals surface area (Å²) in [7, 11) is 0. The predicted octanol–water partition coefficient (Wildman–Crippen LogP) is 3.17. The Hall–Kier alpha value is -2.40. The number of piperidine rings is 1. The van der Waals surface area contributed by atoms with Crippen molar-refractivity contribution in [2.24, 2.45) is 0 Å². The first-order valence-corrected chi connectivity index (χ1v) is 9.62. The van der Waals surface area contributed by atoms with Gasteiger partial charge in [0, 0.05) is 48.8 Å². The number of aromatic nitrogens is 1. The maximum atomic E-state index is 12.3. The van der Waals surface area contributed by atoms with Gasteiger partial charge < -0.3 is 10.2 Å². The number of hydrogen-bond donors (Lipinski definition) is 1. The minimum Gasteiger partial charge on any atom is -0.347 e. The van der Waals surface area contributed by atoms with Crippen LogP contribution in [-0.2, 0) is 16.0 Å². The molecular weight excluding hydrogens is 362 g/mol. The van der Waals surface area contributed by atoms with Gasteiger partial charge in [-0.05, 0) is 36.6 Å². The van der Waals surface area contributed by atoms with E-state index in [4.69, 9.17) is 16.6 Å². The number of nitrogens with one attached hydrogen (secondary N) is 1. The molecule has 1 aromatic carbocycles. The minimum atomic E-state index is -0.189. The highest BCUT2D eigenvalue weighted by molar-refractivity contribution is 6.31. The molecular formula is C21H24ClN3O2. The van der Waals surface area contributed by atoms with Gasteiger partial charge in [-0.15, -0.1) is 0 Å². The van der Waals surface area contributed by atoms with Crippen LogP contribution in [0.5, 0.6) is 0 Å². The van der Waals surface area contributed by atoms with Crippen molar-refractivity contribution in [2.45, 2.75) is 32.1 Å². The quantitative estimate of drug-likeness (QED) is 0.859. The lowest BCUT2D eigenvalue weighted by Gasteiger charge is -2.32. The minimum absolute atomic E-state index is 0.0397. The van der Waals surface area contributed by atoms with Crippen molar-refractivity contribution in [1.82, 2.24) is 15.2 Å². The molecule has 0 unspecified atom stereocenters. The van der Waals surface area contributed by atoms with Crippen LogP contribution in [0.15, 0.2) is 42.5 Å². The Morgan fingerprint density at radius 1 is 1.22 bits per heavy atom. The summed E-state index contributed by atoms with van der Waals surface area (Å²) in [4.78, 5) is 30.0. The van der Waals surface area contributed by atoms with E-state index in [1.807, 2.05) is 47.4 Å². The number of amides is 2. The average Bonchev–Trinajstić information content (AvgIpc) is 2.68. The summed E-state index contributed by atoms with van der Waals surface area (Å²) in [5.74, 6) is -0.0146. The van der Waals surface area contributed by atoms with E-state index in [1.165, 1.54) is 6.92 Å². The van der Waals surface area contributed by atoms with Gasteiger partial charge in [0.05, 0.1) is 6.54 Å². The normalized spacial score (nSPS) is 16.8. The maximum Gasteiger partial charge on any atom is 0.241 e. The van der Waals surface area contributed by atoms with Crippen molar-refractivity contribution in [3.8, 4) is 0 Å². The number of carbonyl (C=O) groups is 2. The molecule has 1 aromatic heterocycles. The number of benzene rings is 1. The van der Waals surface area contributed by atoms with Crippen LogP contribution in [0.25, 0.3) is 0 Å². The van der Waals surface area contributed by atoms with Crippen molar-refractivity contribution >= 4 is 23.4 Å². The lowest BCUT2D eigenvalue weighted by Crippen LogP contribution is -2.44. The molecule has 2 aromatic rings. The molecule has 142 valence electrons. The molecule has 2 amide bonds. The largest absolute Gasteiger partial charge is 0.347 e. The highest BCUT2D eigenvalue weighted by Gasteiger charge is 2.25. The molecule has 5 nitrogen and oxygen atoms in total. The van der Waals surface area contributed by atoms with Gasteiger partial charge in [-0.3, -0.25) is 14.6 Å². The fraction of sp³-hybridized carbons (Fsp3) is 0.381. The van der Waals surface area contributed by atoms with Gasteiger partial charge in [-0.1, -0.05) is 35.9 Å². The van der Waals surface area contributed by atoms with E-state index in [0.29, 0.717) is 13.0 Å². The summed E-state index contributed by atoms with van der Waals surface area (Å²) in [5, 5.41) is 3.33. The number of nitrogens with zero attached hydrogens (tertiary/aromatic N) is 2. The molecule has 0 bridgehead atoms. The Labute approximate surface area is 164 Å². The predicted molar refractivity (Wildman–Crippen MR) is 106 cm³/mol. The second-order valence-corrected chi connectivity index (χ2v) is 7.32. The highest BCUT2D eigenvalue weighted by atomic mass is 35.5. The lowest BCUT2D eigenvalue weighted by molar-refractivity contribution is -0.133. The zero-order valence-electron chi connectivity index (χ0n) is 15.5. The average molecular weight is 386 g/mol. The molecule has 3 rings (SSSR count). The maximum absolute atomic E-state index is 12.3. The van der Waals surface area contributed by atoms with E-state index in [-0.39, 0.29) is 24.3 Å². The Morgan fingerprint density at radius 2 is 2.04 bits per heavy atom. The second-order valence-electron chi connectivity index (χ2n) is 6.91. The van der Waals surface area contributed by atoms with Gasteiger partial charge in [-0.2, -0.15) is 0 Å². The summed E-state index contributed by atoms with van der Waals surface area (Å²) < 4.78 is 0. The Bertz CT molecular complexity index is 825. The van der Waals surface area contributed by atoms with Crippen LogP contribution >= 0.6 is 11.6 Å². The monoisotopic (exact) mass is 385 g/mol. The van der Waals surface area contributed by atoms with Crippen LogP contribution in [0.3, 0.4) is 0 Å². The fourth-order valence-corrected chi connectivity index (χ4v) is 3.62. The van der Waals surface area contributed by atoms with E-state index >= 15 is 0 Å². The Balaban J connectivity index is 1.68. The van der Waals surface area contributed by atoms with Crippen LogP contribution in [0.1, 0.15) is 42.6 Å². The lowest BCUT2D eigenvalue weighted by atomic mass is 9.93. The first-order chi connectivity index (χ1) is 13.0. The van der Waals surface area contributed by atoms with Gasteiger partial charge >= 0.3 is 0 Å². The first kappa shape index (κ1) is 19.4. The van der Waals surface area contributed by atoms with E-state index in [2.05, 4.69) is 5.32 Å². The third-order valence-corrected chi connectivity index (χ3v) is 5.21. The van der Waals surface area contributed by atoms with E-state index in [9.17, 15) is 9.59 Å². The van der Waals surface area contributed by atoms with Crippen molar-refractivity contribution in [3.05, 3.63) is 64.4 Å². The molecule has 0 aliphatic carbocycles. The van der Waals surface area contributed by atoms with Crippen molar-refractivity contribution in [1.29, 1.82) is 0 Å². The number of likely N-dealkylation sites (tertiary alicyclic amines) is 1. The van der Waals surface area contributed by atoms with Crippen LogP contribution < -0.4 is 5.32 Å². The van der Waals surface area contributed by atoms with Gasteiger partial charge in [0.2, 0.25) is 11.8 Å². The van der Waals surface area contributed by atoms with Crippen LogP contribution in [0.2, 0.25) is 5.02 Å². The molecule has 1 aliphatic rings. The molecule has 1 fully saturated rings. The van der Waals surface area contributed by atoms with Gasteiger partial charge in [-0.25, -0.2) is 0 Å². The zero-order valence-corrected chi connectivity index (χ0v) is 16.2. The molecule has 27 heavy (non-hydrogen) atoms. The summed E-state index contributed by atoms with van der Waals surface area (Å²) >= 11 is 6.27. The summed E-state index contributed by atoms with van der Waals surface area (Å²) in [6.45, 7) is 2.85. The second kappa shape index (κ2) is 9.00. The van der Waals surface area contributed by atoms with Gasteiger partial charge in [0.25, 0.3) is 0 Å². The van der Waals surface area contributed by atoms with E-state index in [0.717, 1.165) is 41.4 Å². The van der Waals surface area contributed by atoms with Crippen molar-refractivity contribution < 1.29 is 9.59 Å². The topological polar surface area (TPSA) is 62.3 Å².